The summed E-state index contributed by atoms with van der Waals surface area (Å²) in [6.45, 7) is 7.49. The van der Waals surface area contributed by atoms with Crippen LogP contribution in [0, 0.1) is 11.7 Å². The van der Waals surface area contributed by atoms with Crippen molar-refractivity contribution >= 4 is 21.8 Å². The summed E-state index contributed by atoms with van der Waals surface area (Å²) in [6.07, 6.45) is 0.496. The topological polar surface area (TPSA) is 38.1 Å². The fourth-order valence-corrected chi connectivity index (χ4v) is 3.98. The van der Waals surface area contributed by atoms with Gasteiger partial charge in [-0.3, -0.25) is 4.79 Å². The molecule has 6 heteroatoms. The molecule has 0 bridgehead atoms. The molecule has 0 saturated heterocycles. The van der Waals surface area contributed by atoms with E-state index in [1.54, 1.807) is 12.1 Å². The zero-order valence-corrected chi connectivity index (χ0v) is 15.7. The van der Waals surface area contributed by atoms with E-state index >= 15 is 0 Å². The number of imidazole rings is 1. The number of halogens is 2. The van der Waals surface area contributed by atoms with E-state index in [1.165, 1.54) is 12.1 Å². The first-order valence-corrected chi connectivity index (χ1v) is 9.04. The number of nitrogens with zero attached hydrogens (tertiary/aromatic N) is 3. The van der Waals surface area contributed by atoms with Gasteiger partial charge < -0.3 is 9.47 Å². The molecule has 128 valence electrons. The maximum atomic E-state index is 13.2. The third kappa shape index (κ3) is 2.88. The Labute approximate surface area is 149 Å². The van der Waals surface area contributed by atoms with E-state index in [2.05, 4.69) is 34.3 Å². The molecule has 2 heterocycles. The van der Waals surface area contributed by atoms with E-state index in [0.717, 1.165) is 21.7 Å². The van der Waals surface area contributed by atoms with E-state index < -0.39 is 0 Å². The lowest BCUT2D eigenvalue weighted by Gasteiger charge is -2.38. The fraction of sp³-hybridized carbons (Fsp3) is 0.444. The summed E-state index contributed by atoms with van der Waals surface area (Å²) < 4.78 is 16.2. The Morgan fingerprint density at radius 1 is 1.33 bits per heavy atom. The second-order valence-electron chi connectivity index (χ2n) is 6.40. The molecule has 1 aromatic carbocycles. The first-order chi connectivity index (χ1) is 11.4. The second kappa shape index (κ2) is 6.67. The van der Waals surface area contributed by atoms with E-state index in [9.17, 15) is 9.18 Å². The quantitative estimate of drug-likeness (QED) is 0.774. The molecule has 1 aliphatic rings. The highest BCUT2D eigenvalue weighted by Crippen LogP contribution is 2.38. The van der Waals surface area contributed by atoms with Gasteiger partial charge in [0.05, 0.1) is 6.04 Å². The minimum atomic E-state index is -0.265. The third-order valence-electron chi connectivity index (χ3n) is 4.47. The fourth-order valence-electron chi connectivity index (χ4n) is 3.31. The molecular formula is C18H21BrFN3O. The maximum absolute atomic E-state index is 13.2. The van der Waals surface area contributed by atoms with Crippen molar-refractivity contribution in [1.82, 2.24) is 14.5 Å². The zero-order chi connectivity index (χ0) is 17.4. The van der Waals surface area contributed by atoms with Crippen molar-refractivity contribution < 1.29 is 9.18 Å². The third-order valence-corrected chi connectivity index (χ3v) is 5.28. The number of rotatable bonds is 3. The predicted octanol–water partition coefficient (Wildman–Crippen LogP) is 4.40. The molecule has 1 amide bonds. The van der Waals surface area contributed by atoms with Crippen LogP contribution in [0.5, 0.6) is 0 Å². The van der Waals surface area contributed by atoms with Gasteiger partial charge in [0.2, 0.25) is 5.91 Å². The average molecular weight is 394 g/mol. The summed E-state index contributed by atoms with van der Waals surface area (Å²) in [5.41, 5.74) is 1.66. The summed E-state index contributed by atoms with van der Waals surface area (Å²) in [5.74, 6) is 1.04. The highest BCUT2D eigenvalue weighted by molar-refractivity contribution is 9.10. The molecular weight excluding hydrogens is 373 g/mol. The van der Waals surface area contributed by atoms with Crippen LogP contribution in [-0.4, -0.2) is 26.9 Å². The number of carbonyl (C=O) groups excluding carboxylic acids is 1. The first kappa shape index (κ1) is 17.1. The van der Waals surface area contributed by atoms with Crippen molar-refractivity contribution in [2.24, 2.45) is 5.92 Å². The largest absolute Gasteiger partial charge is 0.330 e. The number of aromatic nitrogens is 2. The lowest BCUT2D eigenvalue weighted by Crippen LogP contribution is -2.44. The van der Waals surface area contributed by atoms with Gasteiger partial charge in [-0.2, -0.15) is 0 Å². The molecule has 0 aliphatic carbocycles. The smallest absolute Gasteiger partial charge is 0.222 e. The molecule has 1 aliphatic heterocycles. The molecule has 1 aromatic heterocycles. The van der Waals surface area contributed by atoms with Crippen LogP contribution in [0.15, 0.2) is 28.9 Å². The minimum Gasteiger partial charge on any atom is -0.330 e. The lowest BCUT2D eigenvalue weighted by molar-refractivity contribution is -0.135. The van der Waals surface area contributed by atoms with Crippen LogP contribution < -0.4 is 0 Å². The van der Waals surface area contributed by atoms with Crippen molar-refractivity contribution in [3.05, 3.63) is 40.5 Å². The standard InChI is InChI=1S/C18H21BrFN3O/c1-4-14(24)22-9-10-23-17(19)15(12-5-7-13(20)8-6-12)21-18(23)16(22)11(2)3/h5-8,11,16H,4,9-10H2,1-3H3/t16-/m1/s1. The molecule has 0 saturated carbocycles. The summed E-state index contributed by atoms with van der Waals surface area (Å²) in [4.78, 5) is 19.1. The molecule has 2 aromatic rings. The Balaban J connectivity index is 2.08. The van der Waals surface area contributed by atoms with E-state index in [4.69, 9.17) is 4.98 Å². The van der Waals surface area contributed by atoms with E-state index in [1.807, 2.05) is 11.8 Å². The van der Waals surface area contributed by atoms with Gasteiger partial charge >= 0.3 is 0 Å². The summed E-state index contributed by atoms with van der Waals surface area (Å²) >= 11 is 3.65. The number of hydrogen-bond donors (Lipinski definition) is 0. The maximum Gasteiger partial charge on any atom is 0.222 e. The van der Waals surface area contributed by atoms with Crippen molar-refractivity contribution in [1.29, 1.82) is 0 Å². The SMILES string of the molecule is CCC(=O)N1CCn2c(nc(-c3ccc(F)cc3)c2Br)[C@H]1C(C)C. The Bertz CT molecular complexity index is 754. The van der Waals surface area contributed by atoms with E-state index in [0.29, 0.717) is 19.5 Å². The van der Waals surface area contributed by atoms with Crippen LogP contribution in [0.2, 0.25) is 0 Å². The van der Waals surface area contributed by atoms with Crippen molar-refractivity contribution in [2.45, 2.75) is 39.8 Å². The highest BCUT2D eigenvalue weighted by atomic mass is 79.9. The van der Waals surface area contributed by atoms with Crippen LogP contribution >= 0.6 is 15.9 Å². The second-order valence-corrected chi connectivity index (χ2v) is 7.15. The van der Waals surface area contributed by atoms with Gasteiger partial charge in [-0.05, 0) is 46.1 Å². The summed E-state index contributed by atoms with van der Waals surface area (Å²) in [6, 6.07) is 6.29. The average Bonchev–Trinajstić information content (AvgIpc) is 2.90. The van der Waals surface area contributed by atoms with Gasteiger partial charge in [0.15, 0.2) is 0 Å². The van der Waals surface area contributed by atoms with Crippen LogP contribution in [0.3, 0.4) is 0 Å². The Morgan fingerprint density at radius 2 is 2.00 bits per heavy atom. The Hall–Kier alpha value is -1.69. The van der Waals surface area contributed by atoms with Gasteiger partial charge in [0.25, 0.3) is 0 Å². The molecule has 0 spiro atoms. The lowest BCUT2D eigenvalue weighted by atomic mass is 9.99. The predicted molar refractivity (Wildman–Crippen MR) is 94.9 cm³/mol. The molecule has 0 N–H and O–H groups in total. The van der Waals surface area contributed by atoms with Gasteiger partial charge in [-0.15, -0.1) is 0 Å². The highest BCUT2D eigenvalue weighted by Gasteiger charge is 2.36. The summed E-state index contributed by atoms with van der Waals surface area (Å²) in [7, 11) is 0. The van der Waals surface area contributed by atoms with Crippen LogP contribution in [-0.2, 0) is 11.3 Å². The normalized spacial score (nSPS) is 17.2. The molecule has 3 rings (SSSR count). The minimum absolute atomic E-state index is 0.0447. The molecule has 0 fully saturated rings. The van der Waals surface area contributed by atoms with Gasteiger partial charge in [-0.1, -0.05) is 20.8 Å². The van der Waals surface area contributed by atoms with Crippen LogP contribution in [0.4, 0.5) is 4.39 Å². The zero-order valence-electron chi connectivity index (χ0n) is 14.1. The van der Waals surface area contributed by atoms with Crippen molar-refractivity contribution in [3.8, 4) is 11.3 Å². The van der Waals surface area contributed by atoms with Gasteiger partial charge in [-0.25, -0.2) is 9.37 Å². The van der Waals surface area contributed by atoms with Gasteiger partial charge in [0, 0.05) is 25.1 Å². The Kier molecular flexibility index (Phi) is 4.76. The molecule has 0 radical (unpaired) electrons. The number of amides is 1. The first-order valence-electron chi connectivity index (χ1n) is 8.25. The van der Waals surface area contributed by atoms with Crippen LogP contribution in [0.1, 0.15) is 39.1 Å². The molecule has 0 unspecified atom stereocenters. The number of fused-ring (bicyclic) bond motifs is 1. The number of hydrogen-bond acceptors (Lipinski definition) is 2. The summed E-state index contributed by atoms with van der Waals surface area (Å²) in [5, 5.41) is 0. The van der Waals surface area contributed by atoms with E-state index in [-0.39, 0.29) is 23.7 Å². The molecule has 4 nitrogen and oxygen atoms in total. The van der Waals surface area contributed by atoms with Gasteiger partial charge in [0.1, 0.15) is 21.9 Å². The molecule has 1 atom stereocenters. The van der Waals surface area contributed by atoms with Crippen molar-refractivity contribution in [3.63, 3.8) is 0 Å². The molecule has 24 heavy (non-hydrogen) atoms. The number of carbonyl (C=O) groups is 1. The number of benzene rings is 1. The Morgan fingerprint density at radius 3 is 2.58 bits per heavy atom. The van der Waals surface area contributed by atoms with Crippen molar-refractivity contribution in [2.75, 3.05) is 6.54 Å². The van der Waals surface area contributed by atoms with Crippen LogP contribution in [0.25, 0.3) is 11.3 Å². The monoisotopic (exact) mass is 393 g/mol.